The predicted molar refractivity (Wildman–Crippen MR) is 123 cm³/mol. The third-order valence-corrected chi connectivity index (χ3v) is 5.25. The Hall–Kier alpha value is -3.61. The van der Waals surface area contributed by atoms with Crippen molar-refractivity contribution in [2.45, 2.75) is 13.2 Å². The van der Waals surface area contributed by atoms with Gasteiger partial charge in [0, 0.05) is 52.2 Å². The molecule has 0 unspecified atom stereocenters. The Bertz CT molecular complexity index is 954. The summed E-state index contributed by atoms with van der Waals surface area (Å²) < 4.78 is 5.81. The fraction of sp³-hybridized carbons (Fsp3) is 0.292. The number of hydrogen-bond donors (Lipinski definition) is 1. The van der Waals surface area contributed by atoms with Crippen molar-refractivity contribution >= 4 is 11.9 Å². The maximum absolute atomic E-state index is 5.81. The smallest absolute Gasteiger partial charge is 0.225 e. The van der Waals surface area contributed by atoms with Crippen molar-refractivity contribution in [3.8, 4) is 5.75 Å². The molecular formula is C24H28N6O. The highest BCUT2D eigenvalue weighted by Crippen LogP contribution is 2.13. The van der Waals surface area contributed by atoms with Crippen molar-refractivity contribution in [1.29, 1.82) is 0 Å². The van der Waals surface area contributed by atoms with E-state index < -0.39 is 0 Å². The second-order valence-electron chi connectivity index (χ2n) is 7.34. The number of aliphatic imine (C=N–C) groups is 1. The lowest BCUT2D eigenvalue weighted by Gasteiger charge is -2.36. The lowest BCUT2D eigenvalue weighted by atomic mass is 10.1. The first-order valence-corrected chi connectivity index (χ1v) is 10.5. The minimum atomic E-state index is 0.564. The summed E-state index contributed by atoms with van der Waals surface area (Å²) in [6.45, 7) is 4.81. The van der Waals surface area contributed by atoms with Crippen molar-refractivity contribution < 1.29 is 4.74 Å². The van der Waals surface area contributed by atoms with E-state index in [0.717, 1.165) is 55.9 Å². The number of aromatic nitrogens is 2. The van der Waals surface area contributed by atoms with Gasteiger partial charge >= 0.3 is 0 Å². The fourth-order valence-electron chi connectivity index (χ4n) is 3.52. The maximum atomic E-state index is 5.81. The number of rotatable bonds is 6. The molecule has 160 valence electrons. The second kappa shape index (κ2) is 10.4. The van der Waals surface area contributed by atoms with Crippen LogP contribution in [-0.4, -0.2) is 54.1 Å². The third kappa shape index (κ3) is 5.72. The van der Waals surface area contributed by atoms with Crippen LogP contribution >= 0.6 is 0 Å². The number of hydrogen-bond acceptors (Lipinski definition) is 5. The van der Waals surface area contributed by atoms with Gasteiger partial charge in [0.2, 0.25) is 5.95 Å². The van der Waals surface area contributed by atoms with Crippen LogP contribution in [0.3, 0.4) is 0 Å². The Kier molecular flexibility index (Phi) is 6.95. The number of para-hydroxylation sites is 1. The summed E-state index contributed by atoms with van der Waals surface area (Å²) in [5.74, 6) is 2.60. The van der Waals surface area contributed by atoms with Crippen LogP contribution in [0.25, 0.3) is 0 Å². The van der Waals surface area contributed by atoms with Crippen molar-refractivity contribution in [2.75, 3.05) is 38.1 Å². The van der Waals surface area contributed by atoms with Gasteiger partial charge < -0.3 is 19.9 Å². The second-order valence-corrected chi connectivity index (χ2v) is 7.34. The molecule has 7 heteroatoms. The summed E-state index contributed by atoms with van der Waals surface area (Å²) in [7, 11) is 1.83. The van der Waals surface area contributed by atoms with E-state index in [-0.39, 0.29) is 0 Å². The maximum Gasteiger partial charge on any atom is 0.225 e. The number of guanidine groups is 1. The van der Waals surface area contributed by atoms with Crippen LogP contribution in [0, 0.1) is 0 Å². The molecule has 2 aromatic carbocycles. The molecule has 4 rings (SSSR count). The van der Waals surface area contributed by atoms with Gasteiger partial charge in [0.1, 0.15) is 12.4 Å². The zero-order chi connectivity index (χ0) is 21.3. The molecular weight excluding hydrogens is 388 g/mol. The molecule has 0 radical (unpaired) electrons. The zero-order valence-corrected chi connectivity index (χ0v) is 17.8. The molecule has 1 N–H and O–H groups in total. The first-order chi connectivity index (χ1) is 15.3. The summed E-state index contributed by atoms with van der Waals surface area (Å²) >= 11 is 0. The molecule has 0 atom stereocenters. The number of benzene rings is 2. The quantitative estimate of drug-likeness (QED) is 0.492. The molecule has 0 spiro atoms. The minimum absolute atomic E-state index is 0.564. The highest BCUT2D eigenvalue weighted by Gasteiger charge is 2.20. The van der Waals surface area contributed by atoms with Gasteiger partial charge in [-0.15, -0.1) is 0 Å². The van der Waals surface area contributed by atoms with Gasteiger partial charge in [-0.05, 0) is 29.3 Å². The number of piperazine rings is 1. The lowest BCUT2D eigenvalue weighted by molar-refractivity contribution is 0.306. The number of nitrogens with one attached hydrogen (secondary N) is 1. The Morgan fingerprint density at radius 1 is 0.903 bits per heavy atom. The van der Waals surface area contributed by atoms with Crippen LogP contribution < -0.4 is 15.0 Å². The molecule has 1 aliphatic heterocycles. The Labute approximate surface area is 183 Å². The van der Waals surface area contributed by atoms with E-state index in [9.17, 15) is 0 Å². The van der Waals surface area contributed by atoms with E-state index >= 15 is 0 Å². The van der Waals surface area contributed by atoms with Gasteiger partial charge in [0.15, 0.2) is 5.96 Å². The van der Waals surface area contributed by atoms with Crippen molar-refractivity contribution in [2.24, 2.45) is 4.99 Å². The predicted octanol–water partition coefficient (Wildman–Crippen LogP) is 2.95. The Morgan fingerprint density at radius 3 is 2.26 bits per heavy atom. The topological polar surface area (TPSA) is 65.9 Å². The van der Waals surface area contributed by atoms with Gasteiger partial charge in [-0.3, -0.25) is 4.99 Å². The molecule has 7 nitrogen and oxygen atoms in total. The number of anilines is 1. The SMILES string of the molecule is CN=C(NCc1ccc(COc2ccccc2)cc1)N1CCN(c2ncccn2)CC1. The molecule has 0 bridgehead atoms. The summed E-state index contributed by atoms with van der Waals surface area (Å²) in [6.07, 6.45) is 3.57. The molecule has 31 heavy (non-hydrogen) atoms. The first kappa shape index (κ1) is 20.7. The fourth-order valence-corrected chi connectivity index (χ4v) is 3.52. The molecule has 3 aromatic rings. The summed E-state index contributed by atoms with van der Waals surface area (Å²) in [4.78, 5) is 17.6. The third-order valence-electron chi connectivity index (χ3n) is 5.25. The van der Waals surface area contributed by atoms with Crippen LogP contribution in [0.15, 0.2) is 78.0 Å². The van der Waals surface area contributed by atoms with E-state index in [1.165, 1.54) is 5.56 Å². The average molecular weight is 417 g/mol. The van der Waals surface area contributed by atoms with Gasteiger partial charge in [-0.1, -0.05) is 42.5 Å². The lowest BCUT2D eigenvalue weighted by Crippen LogP contribution is -2.52. The largest absolute Gasteiger partial charge is 0.489 e. The van der Waals surface area contributed by atoms with Crippen molar-refractivity contribution in [3.63, 3.8) is 0 Å². The van der Waals surface area contributed by atoms with E-state index in [0.29, 0.717) is 6.61 Å². The normalized spacial score (nSPS) is 14.4. The molecule has 1 saturated heterocycles. The molecule has 0 aliphatic carbocycles. The minimum Gasteiger partial charge on any atom is -0.489 e. The summed E-state index contributed by atoms with van der Waals surface area (Å²) in [5.41, 5.74) is 2.36. The van der Waals surface area contributed by atoms with E-state index in [1.54, 1.807) is 12.4 Å². The summed E-state index contributed by atoms with van der Waals surface area (Å²) in [5, 5.41) is 3.48. The molecule has 0 amide bonds. The molecule has 1 aromatic heterocycles. The molecule has 1 fully saturated rings. The van der Waals surface area contributed by atoms with Crippen molar-refractivity contribution in [1.82, 2.24) is 20.2 Å². The average Bonchev–Trinajstić information content (AvgIpc) is 2.85. The number of ether oxygens (including phenoxy) is 1. The molecule has 1 aliphatic rings. The van der Waals surface area contributed by atoms with Crippen molar-refractivity contribution in [3.05, 3.63) is 84.2 Å². The standard InChI is InChI=1S/C24H28N6O/c1-25-23(29-14-16-30(17-15-29)24-26-12-5-13-27-24)28-18-20-8-10-21(11-9-20)19-31-22-6-3-2-4-7-22/h2-13H,14-19H2,1H3,(H,25,28). The zero-order valence-electron chi connectivity index (χ0n) is 17.8. The van der Waals surface area contributed by atoms with Crippen LogP contribution in [0.4, 0.5) is 5.95 Å². The summed E-state index contributed by atoms with van der Waals surface area (Å²) in [6, 6.07) is 20.2. The van der Waals surface area contributed by atoms with Crippen LogP contribution in [-0.2, 0) is 13.2 Å². The van der Waals surface area contributed by atoms with Crippen LogP contribution in [0.1, 0.15) is 11.1 Å². The number of nitrogens with zero attached hydrogens (tertiary/aromatic N) is 5. The van der Waals surface area contributed by atoms with Gasteiger partial charge in [-0.25, -0.2) is 9.97 Å². The van der Waals surface area contributed by atoms with Gasteiger partial charge in [0.05, 0.1) is 0 Å². The highest BCUT2D eigenvalue weighted by molar-refractivity contribution is 5.80. The van der Waals surface area contributed by atoms with E-state index in [2.05, 4.69) is 54.3 Å². The monoisotopic (exact) mass is 416 g/mol. The van der Waals surface area contributed by atoms with E-state index in [4.69, 9.17) is 4.74 Å². The van der Waals surface area contributed by atoms with Gasteiger partial charge in [0.25, 0.3) is 0 Å². The van der Waals surface area contributed by atoms with Gasteiger partial charge in [-0.2, -0.15) is 0 Å². The highest BCUT2D eigenvalue weighted by atomic mass is 16.5. The molecule has 0 saturated carbocycles. The Morgan fingerprint density at radius 2 is 1.58 bits per heavy atom. The first-order valence-electron chi connectivity index (χ1n) is 10.5. The van der Waals surface area contributed by atoms with Crippen LogP contribution in [0.5, 0.6) is 5.75 Å². The molecule has 2 heterocycles. The Balaban J connectivity index is 1.24. The van der Waals surface area contributed by atoms with E-state index in [1.807, 2.05) is 43.4 Å². The van der Waals surface area contributed by atoms with Crippen LogP contribution in [0.2, 0.25) is 0 Å².